The Morgan fingerprint density at radius 2 is 1.47 bits per heavy atom. The Morgan fingerprint density at radius 3 is 2.12 bits per heavy atom. The number of rotatable bonds is 8. The standard InChI is InChI=1S/C21H22N2O7S2/c1-22(2)32(27,28)20-14-13-17(30-20)15-29-21(24)18-11-7-8-12-19(18)31(25,26)23(3)16-9-5-4-6-10-16/h4-14H,15H2,1-3H3. The molecule has 0 aliphatic carbocycles. The summed E-state index contributed by atoms with van der Waals surface area (Å²) in [5.41, 5.74) is 0.281. The van der Waals surface area contributed by atoms with E-state index in [2.05, 4.69) is 0 Å². The lowest BCUT2D eigenvalue weighted by atomic mass is 10.2. The average molecular weight is 479 g/mol. The molecule has 3 aromatic rings. The van der Waals surface area contributed by atoms with Crippen LogP contribution in [-0.4, -0.2) is 48.3 Å². The van der Waals surface area contributed by atoms with E-state index < -0.39 is 26.0 Å². The van der Waals surface area contributed by atoms with Gasteiger partial charge in [-0.1, -0.05) is 30.3 Å². The lowest BCUT2D eigenvalue weighted by Crippen LogP contribution is -2.28. The van der Waals surface area contributed by atoms with Crippen molar-refractivity contribution in [3.8, 4) is 0 Å². The molecule has 0 amide bonds. The van der Waals surface area contributed by atoms with E-state index in [0.29, 0.717) is 5.69 Å². The van der Waals surface area contributed by atoms with Gasteiger partial charge in [-0.3, -0.25) is 4.31 Å². The van der Waals surface area contributed by atoms with Crippen LogP contribution in [0.3, 0.4) is 0 Å². The van der Waals surface area contributed by atoms with Crippen LogP contribution in [0.1, 0.15) is 16.1 Å². The van der Waals surface area contributed by atoms with E-state index in [1.54, 1.807) is 30.3 Å². The van der Waals surface area contributed by atoms with Crippen molar-refractivity contribution in [3.05, 3.63) is 78.1 Å². The molecule has 0 atom stereocenters. The molecule has 0 unspecified atom stereocenters. The molecule has 0 saturated heterocycles. The Kier molecular flexibility index (Phi) is 6.72. The predicted molar refractivity (Wildman–Crippen MR) is 117 cm³/mol. The van der Waals surface area contributed by atoms with Gasteiger partial charge in [-0.25, -0.2) is 25.9 Å². The number of hydrogen-bond donors (Lipinski definition) is 0. The topological polar surface area (TPSA) is 114 Å². The zero-order valence-electron chi connectivity index (χ0n) is 17.6. The van der Waals surface area contributed by atoms with Gasteiger partial charge in [0.2, 0.25) is 5.09 Å². The third-order valence-electron chi connectivity index (χ3n) is 4.58. The molecule has 11 heteroatoms. The highest BCUT2D eigenvalue weighted by molar-refractivity contribution is 7.92. The molecule has 1 heterocycles. The predicted octanol–water partition coefficient (Wildman–Crippen LogP) is 2.71. The molecule has 0 fully saturated rings. The zero-order valence-corrected chi connectivity index (χ0v) is 19.3. The quantitative estimate of drug-likeness (QED) is 0.457. The van der Waals surface area contributed by atoms with Gasteiger partial charge in [0.1, 0.15) is 17.3 Å². The second-order valence-electron chi connectivity index (χ2n) is 6.89. The summed E-state index contributed by atoms with van der Waals surface area (Å²) < 4.78 is 63.0. The van der Waals surface area contributed by atoms with E-state index in [9.17, 15) is 21.6 Å². The number of hydrogen-bond acceptors (Lipinski definition) is 7. The molecule has 1 aromatic heterocycles. The van der Waals surface area contributed by atoms with Gasteiger partial charge < -0.3 is 9.15 Å². The van der Waals surface area contributed by atoms with E-state index in [-0.39, 0.29) is 27.9 Å². The Morgan fingerprint density at radius 1 is 0.844 bits per heavy atom. The monoisotopic (exact) mass is 478 g/mol. The second-order valence-corrected chi connectivity index (χ2v) is 10.9. The van der Waals surface area contributed by atoms with E-state index in [1.165, 1.54) is 57.5 Å². The van der Waals surface area contributed by atoms with Crippen molar-refractivity contribution < 1.29 is 30.8 Å². The Hall–Kier alpha value is -3.15. The number of anilines is 1. The number of carbonyl (C=O) groups excluding carboxylic acids is 1. The highest BCUT2D eigenvalue weighted by Crippen LogP contribution is 2.25. The van der Waals surface area contributed by atoms with Crippen molar-refractivity contribution >= 4 is 31.7 Å². The van der Waals surface area contributed by atoms with Gasteiger partial charge in [0, 0.05) is 21.1 Å². The third-order valence-corrected chi connectivity index (χ3v) is 8.12. The number of furan rings is 1. The molecule has 0 spiro atoms. The van der Waals surface area contributed by atoms with Gasteiger partial charge in [0.15, 0.2) is 0 Å². The molecule has 0 aliphatic rings. The highest BCUT2D eigenvalue weighted by atomic mass is 32.2. The van der Waals surface area contributed by atoms with Gasteiger partial charge in [0.25, 0.3) is 20.0 Å². The van der Waals surface area contributed by atoms with Crippen molar-refractivity contribution in [2.45, 2.75) is 16.6 Å². The first-order valence-electron chi connectivity index (χ1n) is 9.36. The Labute approximate surface area is 186 Å². The van der Waals surface area contributed by atoms with Gasteiger partial charge in [-0.15, -0.1) is 0 Å². The highest BCUT2D eigenvalue weighted by Gasteiger charge is 2.28. The summed E-state index contributed by atoms with van der Waals surface area (Å²) in [6, 6.07) is 16.8. The van der Waals surface area contributed by atoms with Gasteiger partial charge in [-0.2, -0.15) is 0 Å². The SMILES string of the molecule is CN(C)S(=O)(=O)c1ccc(COC(=O)c2ccccc2S(=O)(=O)N(C)c2ccccc2)o1. The van der Waals surface area contributed by atoms with Crippen LogP contribution in [0.5, 0.6) is 0 Å². The summed E-state index contributed by atoms with van der Waals surface area (Å²) in [6.07, 6.45) is 0. The number of esters is 1. The fourth-order valence-corrected chi connectivity index (χ4v) is 4.94. The summed E-state index contributed by atoms with van der Waals surface area (Å²) in [6.45, 7) is -0.370. The molecule has 0 saturated carbocycles. The number of benzene rings is 2. The van der Waals surface area contributed by atoms with Crippen LogP contribution in [0.2, 0.25) is 0 Å². The minimum absolute atomic E-state index is 0.0977. The van der Waals surface area contributed by atoms with Crippen LogP contribution >= 0.6 is 0 Å². The molecule has 0 aliphatic heterocycles. The van der Waals surface area contributed by atoms with Gasteiger partial charge in [-0.05, 0) is 36.4 Å². The third kappa shape index (κ3) is 4.69. The number of carbonyl (C=O) groups is 1. The number of para-hydroxylation sites is 1. The van der Waals surface area contributed by atoms with E-state index in [0.717, 1.165) is 8.61 Å². The van der Waals surface area contributed by atoms with Crippen molar-refractivity contribution in [2.24, 2.45) is 0 Å². The second kappa shape index (κ2) is 9.15. The van der Waals surface area contributed by atoms with Crippen LogP contribution in [0.25, 0.3) is 0 Å². The molecular weight excluding hydrogens is 456 g/mol. The maximum Gasteiger partial charge on any atom is 0.339 e. The largest absolute Gasteiger partial charge is 0.454 e. The minimum Gasteiger partial charge on any atom is -0.454 e. The van der Waals surface area contributed by atoms with Gasteiger partial charge in [0.05, 0.1) is 11.3 Å². The lowest BCUT2D eigenvalue weighted by Gasteiger charge is -2.20. The first-order chi connectivity index (χ1) is 15.0. The number of sulfonamides is 2. The van der Waals surface area contributed by atoms with Crippen LogP contribution in [-0.2, 0) is 31.4 Å². The number of ether oxygens (including phenoxy) is 1. The maximum absolute atomic E-state index is 13.1. The van der Waals surface area contributed by atoms with Crippen LogP contribution in [0.15, 0.2) is 81.1 Å². The lowest BCUT2D eigenvalue weighted by molar-refractivity contribution is 0.0436. The molecule has 0 N–H and O–H groups in total. The zero-order chi connectivity index (χ0) is 23.5. The summed E-state index contributed by atoms with van der Waals surface area (Å²) in [5.74, 6) is -0.792. The Bertz CT molecular complexity index is 1310. The van der Waals surface area contributed by atoms with Crippen molar-refractivity contribution in [1.29, 1.82) is 0 Å². The summed E-state index contributed by atoms with van der Waals surface area (Å²) in [7, 11) is -3.70. The fourth-order valence-electron chi connectivity index (χ4n) is 2.75. The average Bonchev–Trinajstić information content (AvgIpc) is 3.27. The summed E-state index contributed by atoms with van der Waals surface area (Å²) in [5, 5.41) is -0.291. The minimum atomic E-state index is -4.05. The van der Waals surface area contributed by atoms with Crippen molar-refractivity contribution in [2.75, 3.05) is 25.4 Å². The van der Waals surface area contributed by atoms with Crippen molar-refractivity contribution in [3.63, 3.8) is 0 Å². The molecule has 170 valence electrons. The van der Waals surface area contributed by atoms with Crippen LogP contribution < -0.4 is 4.31 Å². The van der Waals surface area contributed by atoms with Crippen molar-refractivity contribution in [1.82, 2.24) is 4.31 Å². The molecule has 3 rings (SSSR count). The van der Waals surface area contributed by atoms with E-state index in [1.807, 2.05) is 0 Å². The Balaban J connectivity index is 1.82. The van der Waals surface area contributed by atoms with Crippen LogP contribution in [0, 0.1) is 0 Å². The first-order valence-corrected chi connectivity index (χ1v) is 12.2. The van der Waals surface area contributed by atoms with Gasteiger partial charge >= 0.3 is 5.97 Å². The molecule has 32 heavy (non-hydrogen) atoms. The van der Waals surface area contributed by atoms with E-state index in [4.69, 9.17) is 9.15 Å². The normalized spacial score (nSPS) is 12.0. The summed E-state index contributed by atoms with van der Waals surface area (Å²) in [4.78, 5) is 12.5. The first kappa shape index (κ1) is 23.5. The fraction of sp³-hybridized carbons (Fsp3) is 0.190. The molecule has 0 bridgehead atoms. The molecule has 2 aromatic carbocycles. The maximum atomic E-state index is 13.1. The molecule has 0 radical (unpaired) electrons. The summed E-state index contributed by atoms with van der Waals surface area (Å²) >= 11 is 0. The smallest absolute Gasteiger partial charge is 0.339 e. The van der Waals surface area contributed by atoms with Crippen LogP contribution in [0.4, 0.5) is 5.69 Å². The van der Waals surface area contributed by atoms with E-state index >= 15 is 0 Å². The number of nitrogens with zero attached hydrogens (tertiary/aromatic N) is 2. The molecule has 9 nitrogen and oxygen atoms in total. The molecular formula is C21H22N2O7S2.